The van der Waals surface area contributed by atoms with Gasteiger partial charge in [-0.05, 0) is 63.4 Å². The molecule has 1 aromatic rings. The van der Waals surface area contributed by atoms with Crippen LogP contribution in [0.1, 0.15) is 44.7 Å². The lowest BCUT2D eigenvalue weighted by molar-refractivity contribution is 0.109. The Balaban J connectivity index is 1.99. The summed E-state index contributed by atoms with van der Waals surface area (Å²) in [5, 5.41) is 3.18. The summed E-state index contributed by atoms with van der Waals surface area (Å²) in [6.45, 7) is 6.66. The van der Waals surface area contributed by atoms with E-state index in [0.29, 0.717) is 11.6 Å². The van der Waals surface area contributed by atoms with Crippen molar-refractivity contribution >= 4 is 0 Å². The predicted molar refractivity (Wildman–Crippen MR) is 82.2 cm³/mol. The summed E-state index contributed by atoms with van der Waals surface area (Å²) in [4.78, 5) is 2.49. The Hall–Kier alpha value is -1.00. The predicted octanol–water partition coefficient (Wildman–Crippen LogP) is 3.74. The molecule has 4 heteroatoms. The first-order valence-corrected chi connectivity index (χ1v) is 7.88. The van der Waals surface area contributed by atoms with Crippen LogP contribution in [0.5, 0.6) is 0 Å². The van der Waals surface area contributed by atoms with E-state index in [2.05, 4.69) is 24.1 Å². The summed E-state index contributed by atoms with van der Waals surface area (Å²) in [6, 6.07) is 4.34. The molecule has 0 bridgehead atoms. The summed E-state index contributed by atoms with van der Waals surface area (Å²) in [5.41, 5.74) is 0.688. The Labute approximate surface area is 126 Å². The summed E-state index contributed by atoms with van der Waals surface area (Å²) >= 11 is 0. The molecule has 1 aliphatic rings. The van der Waals surface area contributed by atoms with Crippen molar-refractivity contribution in [1.29, 1.82) is 0 Å². The van der Waals surface area contributed by atoms with Crippen molar-refractivity contribution in [3.05, 3.63) is 35.4 Å². The summed E-state index contributed by atoms with van der Waals surface area (Å²) in [5.74, 6) is -0.297. The zero-order valence-electron chi connectivity index (χ0n) is 13.2. The Morgan fingerprint density at radius 2 is 1.90 bits per heavy atom. The van der Waals surface area contributed by atoms with Gasteiger partial charge in [0.15, 0.2) is 0 Å². The monoisotopic (exact) mass is 296 g/mol. The van der Waals surface area contributed by atoms with Gasteiger partial charge in [-0.25, -0.2) is 8.78 Å². The number of halogens is 2. The summed E-state index contributed by atoms with van der Waals surface area (Å²) in [6.07, 6.45) is 3.39. The molecule has 0 aliphatic carbocycles. The van der Waals surface area contributed by atoms with Gasteiger partial charge in [-0.2, -0.15) is 0 Å². The van der Waals surface area contributed by atoms with Crippen molar-refractivity contribution in [2.45, 2.75) is 45.2 Å². The van der Waals surface area contributed by atoms with Crippen LogP contribution < -0.4 is 5.32 Å². The largest absolute Gasteiger partial charge is 0.313 e. The first-order chi connectivity index (χ1) is 10.0. The molecule has 0 spiro atoms. The van der Waals surface area contributed by atoms with Crippen molar-refractivity contribution in [3.8, 4) is 0 Å². The summed E-state index contributed by atoms with van der Waals surface area (Å²) < 4.78 is 26.7. The fourth-order valence-corrected chi connectivity index (χ4v) is 3.29. The molecule has 2 nitrogen and oxygen atoms in total. The van der Waals surface area contributed by atoms with Crippen LogP contribution in [0.3, 0.4) is 0 Å². The molecule has 1 saturated heterocycles. The highest BCUT2D eigenvalue weighted by atomic mass is 19.1. The van der Waals surface area contributed by atoms with E-state index in [0.717, 1.165) is 31.5 Å². The van der Waals surface area contributed by atoms with Gasteiger partial charge in [0.05, 0.1) is 0 Å². The maximum atomic E-state index is 13.4. The quantitative estimate of drug-likeness (QED) is 0.890. The lowest BCUT2D eigenvalue weighted by atomic mass is 9.91. The SMILES string of the molecule is CNC(CCN1CCCC(C)C1C)c1cc(F)cc(F)c1. The van der Waals surface area contributed by atoms with Crippen LogP contribution in [-0.4, -0.2) is 31.1 Å². The maximum Gasteiger partial charge on any atom is 0.126 e. The van der Waals surface area contributed by atoms with Gasteiger partial charge in [0.25, 0.3) is 0 Å². The second-order valence-electron chi connectivity index (χ2n) is 6.23. The number of rotatable bonds is 5. The third-order valence-electron chi connectivity index (χ3n) is 4.84. The highest BCUT2D eigenvalue weighted by molar-refractivity contribution is 5.21. The fraction of sp³-hybridized carbons (Fsp3) is 0.647. The van der Waals surface area contributed by atoms with Crippen molar-refractivity contribution in [1.82, 2.24) is 10.2 Å². The highest BCUT2D eigenvalue weighted by Gasteiger charge is 2.25. The highest BCUT2D eigenvalue weighted by Crippen LogP contribution is 2.25. The van der Waals surface area contributed by atoms with E-state index in [1.165, 1.54) is 25.0 Å². The van der Waals surface area contributed by atoms with Crippen molar-refractivity contribution in [2.75, 3.05) is 20.1 Å². The van der Waals surface area contributed by atoms with E-state index in [1.807, 2.05) is 7.05 Å². The first-order valence-electron chi connectivity index (χ1n) is 7.88. The number of benzene rings is 1. The molecule has 118 valence electrons. The molecule has 0 radical (unpaired) electrons. The van der Waals surface area contributed by atoms with Gasteiger partial charge in [0.2, 0.25) is 0 Å². The van der Waals surface area contributed by atoms with Gasteiger partial charge in [-0.3, -0.25) is 0 Å². The second kappa shape index (κ2) is 7.32. The average Bonchev–Trinajstić information content (AvgIpc) is 2.43. The molecular weight excluding hydrogens is 270 g/mol. The van der Waals surface area contributed by atoms with Gasteiger partial charge >= 0.3 is 0 Å². The molecular formula is C17H26F2N2. The van der Waals surface area contributed by atoms with Crippen molar-refractivity contribution < 1.29 is 8.78 Å². The van der Waals surface area contributed by atoms with E-state index >= 15 is 0 Å². The van der Waals surface area contributed by atoms with Crippen LogP contribution in [-0.2, 0) is 0 Å². The molecule has 21 heavy (non-hydrogen) atoms. The fourth-order valence-electron chi connectivity index (χ4n) is 3.29. The number of nitrogens with zero attached hydrogens (tertiary/aromatic N) is 1. The molecule has 0 aromatic heterocycles. The number of likely N-dealkylation sites (tertiary alicyclic amines) is 1. The normalized spacial score (nSPS) is 25.0. The Morgan fingerprint density at radius 3 is 2.52 bits per heavy atom. The Bertz CT molecular complexity index is 444. The summed E-state index contributed by atoms with van der Waals surface area (Å²) in [7, 11) is 1.84. The molecule has 1 heterocycles. The molecule has 2 rings (SSSR count). The number of hydrogen-bond acceptors (Lipinski definition) is 2. The standard InChI is InChI=1S/C17H26F2N2/c1-12-5-4-7-21(13(12)2)8-6-17(20-3)14-9-15(18)11-16(19)10-14/h9-13,17,20H,4-8H2,1-3H3. The van der Waals surface area contributed by atoms with Crippen LogP contribution in [0, 0.1) is 17.6 Å². The van der Waals surface area contributed by atoms with Gasteiger partial charge in [-0.1, -0.05) is 6.92 Å². The van der Waals surface area contributed by atoms with Crippen molar-refractivity contribution in [2.24, 2.45) is 5.92 Å². The molecule has 3 atom stereocenters. The van der Waals surface area contributed by atoms with Crippen LogP contribution >= 0.6 is 0 Å². The van der Waals surface area contributed by atoms with Crippen LogP contribution in [0.4, 0.5) is 8.78 Å². The third-order valence-corrected chi connectivity index (χ3v) is 4.84. The lowest BCUT2D eigenvalue weighted by Crippen LogP contribution is -2.43. The number of nitrogens with one attached hydrogen (secondary N) is 1. The minimum atomic E-state index is -0.509. The minimum Gasteiger partial charge on any atom is -0.313 e. The Morgan fingerprint density at radius 1 is 1.24 bits per heavy atom. The maximum absolute atomic E-state index is 13.4. The van der Waals surface area contributed by atoms with Gasteiger partial charge in [-0.15, -0.1) is 0 Å². The second-order valence-corrected chi connectivity index (χ2v) is 6.23. The average molecular weight is 296 g/mol. The zero-order valence-corrected chi connectivity index (χ0v) is 13.2. The molecule has 3 unspecified atom stereocenters. The molecule has 1 fully saturated rings. The van der Waals surface area contributed by atoms with Gasteiger partial charge in [0.1, 0.15) is 11.6 Å². The topological polar surface area (TPSA) is 15.3 Å². The lowest BCUT2D eigenvalue weighted by Gasteiger charge is -2.38. The molecule has 1 aromatic carbocycles. The minimum absolute atomic E-state index is 0.0142. The molecule has 1 aliphatic heterocycles. The van der Waals surface area contributed by atoms with Crippen LogP contribution in [0.25, 0.3) is 0 Å². The Kier molecular flexibility index (Phi) is 5.71. The van der Waals surface area contributed by atoms with Crippen LogP contribution in [0.15, 0.2) is 18.2 Å². The van der Waals surface area contributed by atoms with E-state index in [4.69, 9.17) is 0 Å². The van der Waals surface area contributed by atoms with Gasteiger partial charge < -0.3 is 10.2 Å². The first kappa shape index (κ1) is 16.4. The van der Waals surface area contributed by atoms with E-state index < -0.39 is 11.6 Å². The number of piperidine rings is 1. The van der Waals surface area contributed by atoms with Crippen molar-refractivity contribution in [3.63, 3.8) is 0 Å². The van der Waals surface area contributed by atoms with Crippen LogP contribution in [0.2, 0.25) is 0 Å². The van der Waals surface area contributed by atoms with E-state index in [-0.39, 0.29) is 6.04 Å². The molecule has 1 N–H and O–H groups in total. The smallest absolute Gasteiger partial charge is 0.126 e. The number of hydrogen-bond donors (Lipinski definition) is 1. The molecule has 0 amide bonds. The van der Waals surface area contributed by atoms with E-state index in [9.17, 15) is 8.78 Å². The zero-order chi connectivity index (χ0) is 15.4. The molecule has 0 saturated carbocycles. The third kappa shape index (κ3) is 4.24. The van der Waals surface area contributed by atoms with Gasteiger partial charge in [0, 0.05) is 24.7 Å². The van der Waals surface area contributed by atoms with E-state index in [1.54, 1.807) is 0 Å².